The zero-order valence-corrected chi connectivity index (χ0v) is 15.1. The van der Waals surface area contributed by atoms with Gasteiger partial charge in [0, 0.05) is 33.1 Å². The first kappa shape index (κ1) is 17.9. The molecular weight excluding hydrogens is 321 g/mol. The van der Waals surface area contributed by atoms with Crippen molar-refractivity contribution >= 4 is 0 Å². The van der Waals surface area contributed by atoms with Crippen LogP contribution in [-0.4, -0.2) is 45.6 Å². The maximum Gasteiger partial charge on any atom is 0.216 e. The van der Waals surface area contributed by atoms with Crippen LogP contribution in [0.5, 0.6) is 5.88 Å². The van der Waals surface area contributed by atoms with E-state index in [-0.39, 0.29) is 5.82 Å². The Kier molecular flexibility index (Phi) is 5.11. The largest absolute Gasteiger partial charge is 0.481 e. The SMILES string of the molecule is COc1c(CN2CCC(O)(Cc3cccc(F)c3)CC2)c(C)nn1C. The van der Waals surface area contributed by atoms with Crippen molar-refractivity contribution in [2.75, 3.05) is 20.2 Å². The second-order valence-corrected chi connectivity index (χ2v) is 7.00. The van der Waals surface area contributed by atoms with E-state index in [9.17, 15) is 9.50 Å². The first-order valence-corrected chi connectivity index (χ1v) is 8.66. The standard InChI is InChI=1S/C19H26FN3O2/c1-14-17(18(25-3)22(2)21-14)13-23-9-7-19(24,8-10-23)12-15-5-4-6-16(20)11-15/h4-6,11,24H,7-10,12-13H2,1-3H3. The van der Waals surface area contributed by atoms with Crippen LogP contribution in [0.3, 0.4) is 0 Å². The van der Waals surface area contributed by atoms with Crippen molar-refractivity contribution < 1.29 is 14.2 Å². The van der Waals surface area contributed by atoms with E-state index in [0.29, 0.717) is 19.3 Å². The fourth-order valence-electron chi connectivity index (χ4n) is 3.67. The van der Waals surface area contributed by atoms with E-state index in [1.54, 1.807) is 17.9 Å². The summed E-state index contributed by atoms with van der Waals surface area (Å²) < 4.78 is 20.6. The van der Waals surface area contributed by atoms with E-state index < -0.39 is 5.60 Å². The number of methoxy groups -OCH3 is 1. The predicted octanol–water partition coefficient (Wildman–Crippen LogP) is 2.45. The molecule has 136 valence electrons. The van der Waals surface area contributed by atoms with Crippen LogP contribution in [0.1, 0.15) is 29.7 Å². The quantitative estimate of drug-likeness (QED) is 0.903. The van der Waals surface area contributed by atoms with Gasteiger partial charge in [-0.15, -0.1) is 0 Å². The first-order valence-electron chi connectivity index (χ1n) is 8.66. The summed E-state index contributed by atoms with van der Waals surface area (Å²) in [5.74, 6) is 0.538. The lowest BCUT2D eigenvalue weighted by atomic mass is 9.85. The fourth-order valence-corrected chi connectivity index (χ4v) is 3.67. The molecule has 1 fully saturated rings. The summed E-state index contributed by atoms with van der Waals surface area (Å²) >= 11 is 0. The van der Waals surface area contributed by atoms with Crippen molar-refractivity contribution in [1.82, 2.24) is 14.7 Å². The molecule has 0 unspecified atom stereocenters. The van der Waals surface area contributed by atoms with Gasteiger partial charge < -0.3 is 9.84 Å². The van der Waals surface area contributed by atoms with Crippen molar-refractivity contribution in [2.24, 2.45) is 7.05 Å². The van der Waals surface area contributed by atoms with E-state index in [1.807, 2.05) is 20.0 Å². The normalized spacial score (nSPS) is 17.6. The van der Waals surface area contributed by atoms with Crippen LogP contribution in [0.25, 0.3) is 0 Å². The molecule has 5 nitrogen and oxygen atoms in total. The number of hydrogen-bond donors (Lipinski definition) is 1. The molecule has 0 bridgehead atoms. The number of aromatic nitrogens is 2. The van der Waals surface area contributed by atoms with Gasteiger partial charge in [-0.2, -0.15) is 5.10 Å². The van der Waals surface area contributed by atoms with Crippen LogP contribution >= 0.6 is 0 Å². The molecule has 2 aromatic rings. The van der Waals surface area contributed by atoms with Gasteiger partial charge in [0.1, 0.15) is 5.82 Å². The third-order valence-electron chi connectivity index (χ3n) is 5.07. The van der Waals surface area contributed by atoms with Crippen LogP contribution in [0.4, 0.5) is 4.39 Å². The van der Waals surface area contributed by atoms with Crippen molar-refractivity contribution in [1.29, 1.82) is 0 Å². The number of ether oxygens (including phenoxy) is 1. The third-order valence-corrected chi connectivity index (χ3v) is 5.07. The molecule has 0 saturated carbocycles. The molecule has 1 aliphatic heterocycles. The second kappa shape index (κ2) is 7.14. The predicted molar refractivity (Wildman–Crippen MR) is 94.1 cm³/mol. The van der Waals surface area contributed by atoms with Gasteiger partial charge in [0.2, 0.25) is 5.88 Å². The average molecular weight is 347 g/mol. The highest BCUT2D eigenvalue weighted by molar-refractivity contribution is 5.31. The van der Waals surface area contributed by atoms with Gasteiger partial charge in [-0.05, 0) is 37.5 Å². The van der Waals surface area contributed by atoms with Gasteiger partial charge in [0.25, 0.3) is 0 Å². The average Bonchev–Trinajstić information content (AvgIpc) is 2.82. The van der Waals surface area contributed by atoms with E-state index in [1.165, 1.54) is 12.1 Å². The Hall–Kier alpha value is -1.92. The number of benzene rings is 1. The van der Waals surface area contributed by atoms with Gasteiger partial charge in [0.15, 0.2) is 0 Å². The topological polar surface area (TPSA) is 50.5 Å². The molecule has 25 heavy (non-hydrogen) atoms. The van der Waals surface area contributed by atoms with Gasteiger partial charge in [-0.1, -0.05) is 12.1 Å². The molecule has 3 rings (SSSR count). The summed E-state index contributed by atoms with van der Waals surface area (Å²) in [6, 6.07) is 6.51. The van der Waals surface area contributed by atoms with Crippen LogP contribution in [0.2, 0.25) is 0 Å². The molecular formula is C19H26FN3O2. The van der Waals surface area contributed by atoms with E-state index in [2.05, 4.69) is 10.00 Å². The number of hydrogen-bond acceptors (Lipinski definition) is 4. The molecule has 1 aromatic heterocycles. The Bertz CT molecular complexity index is 736. The number of aliphatic hydroxyl groups is 1. The van der Waals surface area contributed by atoms with Crippen molar-refractivity contribution in [3.63, 3.8) is 0 Å². The summed E-state index contributed by atoms with van der Waals surface area (Å²) in [7, 11) is 3.54. The molecule has 0 radical (unpaired) electrons. The fraction of sp³-hybridized carbons (Fsp3) is 0.526. The molecule has 6 heteroatoms. The highest BCUT2D eigenvalue weighted by Crippen LogP contribution is 2.29. The van der Waals surface area contributed by atoms with E-state index in [0.717, 1.165) is 42.3 Å². The summed E-state index contributed by atoms with van der Waals surface area (Å²) in [5, 5.41) is 15.3. The molecule has 1 aliphatic rings. The maximum absolute atomic E-state index is 13.4. The first-order chi connectivity index (χ1) is 11.9. The monoisotopic (exact) mass is 347 g/mol. The number of likely N-dealkylation sites (tertiary alicyclic amines) is 1. The van der Waals surface area contributed by atoms with Crippen LogP contribution in [0, 0.1) is 12.7 Å². The number of aryl methyl sites for hydroxylation is 2. The van der Waals surface area contributed by atoms with E-state index >= 15 is 0 Å². The minimum atomic E-state index is -0.766. The van der Waals surface area contributed by atoms with Crippen molar-refractivity contribution in [3.05, 3.63) is 46.9 Å². The number of nitrogens with zero attached hydrogens (tertiary/aromatic N) is 3. The molecule has 0 aliphatic carbocycles. The van der Waals surface area contributed by atoms with Gasteiger partial charge in [-0.25, -0.2) is 9.07 Å². The lowest BCUT2D eigenvalue weighted by Gasteiger charge is -2.38. The summed E-state index contributed by atoms with van der Waals surface area (Å²) in [5.41, 5.74) is 2.15. The van der Waals surface area contributed by atoms with Crippen LogP contribution in [-0.2, 0) is 20.0 Å². The number of rotatable bonds is 5. The Labute approximate surface area is 148 Å². The van der Waals surface area contributed by atoms with Crippen LogP contribution in [0.15, 0.2) is 24.3 Å². The van der Waals surface area contributed by atoms with Crippen LogP contribution < -0.4 is 4.74 Å². The number of piperidine rings is 1. The second-order valence-electron chi connectivity index (χ2n) is 7.00. The third kappa shape index (κ3) is 4.02. The Balaban J connectivity index is 1.62. The highest BCUT2D eigenvalue weighted by atomic mass is 19.1. The van der Waals surface area contributed by atoms with Gasteiger partial charge in [0.05, 0.1) is 24.0 Å². The minimum Gasteiger partial charge on any atom is -0.481 e. The smallest absolute Gasteiger partial charge is 0.216 e. The van der Waals surface area contributed by atoms with Crippen molar-refractivity contribution in [3.8, 4) is 5.88 Å². The molecule has 2 heterocycles. The molecule has 0 amide bonds. The zero-order chi connectivity index (χ0) is 18.0. The molecule has 1 aromatic carbocycles. The Morgan fingerprint density at radius 1 is 1.32 bits per heavy atom. The minimum absolute atomic E-state index is 0.252. The van der Waals surface area contributed by atoms with Gasteiger partial charge >= 0.3 is 0 Å². The lowest BCUT2D eigenvalue weighted by molar-refractivity contribution is -0.0226. The van der Waals surface area contributed by atoms with Gasteiger partial charge in [-0.3, -0.25) is 4.90 Å². The zero-order valence-electron chi connectivity index (χ0n) is 15.1. The lowest BCUT2D eigenvalue weighted by Crippen LogP contribution is -2.45. The Morgan fingerprint density at radius 3 is 2.68 bits per heavy atom. The summed E-state index contributed by atoms with van der Waals surface area (Å²) in [4.78, 5) is 2.31. The molecule has 1 N–H and O–H groups in total. The summed E-state index contributed by atoms with van der Waals surface area (Å²) in [6.07, 6.45) is 1.84. The molecule has 0 atom stereocenters. The molecule has 0 spiro atoms. The number of halogens is 1. The summed E-state index contributed by atoms with van der Waals surface area (Å²) in [6.45, 7) is 4.34. The molecule has 1 saturated heterocycles. The maximum atomic E-state index is 13.4. The van der Waals surface area contributed by atoms with Crippen molar-refractivity contribution in [2.45, 2.75) is 38.3 Å². The Morgan fingerprint density at radius 2 is 2.04 bits per heavy atom. The highest BCUT2D eigenvalue weighted by Gasteiger charge is 2.33. The van der Waals surface area contributed by atoms with E-state index in [4.69, 9.17) is 4.74 Å².